The van der Waals surface area contributed by atoms with Gasteiger partial charge in [-0.25, -0.2) is 0 Å². The van der Waals surface area contributed by atoms with Crippen molar-refractivity contribution in [3.8, 4) is 0 Å². The number of fused-ring (bicyclic) bond motifs is 2. The van der Waals surface area contributed by atoms with E-state index >= 15 is 0 Å². The topological polar surface area (TPSA) is 247 Å². The normalized spacial score (nSPS) is 34.3. The molecule has 0 aromatic carbocycles. The van der Waals surface area contributed by atoms with Crippen LogP contribution in [0.1, 0.15) is 65.2 Å². The van der Waals surface area contributed by atoms with Crippen LogP contribution >= 0.6 is 0 Å². The molecule has 16 heteroatoms. The van der Waals surface area contributed by atoms with Gasteiger partial charge in [0.05, 0.1) is 30.2 Å². The lowest BCUT2D eigenvalue weighted by Crippen LogP contribution is -2.67. The molecule has 0 aromatic heterocycles. The van der Waals surface area contributed by atoms with E-state index in [2.05, 4.69) is 26.3 Å². The molecule has 10 N–H and O–H groups in total. The van der Waals surface area contributed by atoms with Crippen molar-refractivity contribution >= 4 is 41.2 Å². The molecule has 2 bridgehead atoms. The van der Waals surface area contributed by atoms with Crippen LogP contribution in [0.25, 0.3) is 0 Å². The third kappa shape index (κ3) is 8.16. The summed E-state index contributed by atoms with van der Waals surface area (Å²) < 4.78 is 0. The maximum Gasteiger partial charge on any atom is 0.241 e. The van der Waals surface area contributed by atoms with Crippen molar-refractivity contribution in [1.29, 1.82) is 0 Å². The molecule has 250 valence electrons. The number of amides is 4. The summed E-state index contributed by atoms with van der Waals surface area (Å²) >= 11 is 0. The first-order chi connectivity index (χ1) is 21.4. The first kappa shape index (κ1) is 34.2. The van der Waals surface area contributed by atoms with Gasteiger partial charge in [0.15, 0.2) is 17.5 Å². The second-order valence-corrected chi connectivity index (χ2v) is 12.5. The lowest BCUT2D eigenvalue weighted by Gasteiger charge is -2.43. The Hall–Kier alpha value is -3.63. The molecule has 0 saturated carbocycles. The fourth-order valence-corrected chi connectivity index (χ4v) is 6.94. The van der Waals surface area contributed by atoms with Crippen molar-refractivity contribution in [2.45, 2.75) is 114 Å². The Morgan fingerprint density at radius 2 is 1.62 bits per heavy atom. The van der Waals surface area contributed by atoms with Crippen molar-refractivity contribution in [3.05, 3.63) is 0 Å². The molecule has 4 saturated heterocycles. The summed E-state index contributed by atoms with van der Waals surface area (Å²) in [5, 5.41) is 11.7. The van der Waals surface area contributed by atoms with E-state index in [1.165, 1.54) is 0 Å². The highest BCUT2D eigenvalue weighted by Gasteiger charge is 2.47. The Bertz CT molecular complexity index is 1190. The lowest BCUT2D eigenvalue weighted by atomic mass is 9.91. The Morgan fingerprint density at radius 3 is 2.29 bits per heavy atom. The predicted octanol–water partition coefficient (Wildman–Crippen LogP) is -3.41. The molecule has 0 radical (unpaired) electrons. The van der Waals surface area contributed by atoms with Gasteiger partial charge in [0.1, 0.15) is 12.1 Å². The fraction of sp³-hybridized carbons (Fsp3) is 0.759. The summed E-state index contributed by atoms with van der Waals surface area (Å²) in [5.41, 5.74) is 16.5. The van der Waals surface area contributed by atoms with Crippen molar-refractivity contribution < 1.29 is 28.8 Å². The van der Waals surface area contributed by atoms with E-state index < -0.39 is 54.1 Å². The quantitative estimate of drug-likeness (QED) is 0.0671. The number of unbranched alkanes of at least 4 members (excludes halogenated alkanes) is 1. The Balaban J connectivity index is 1.61. The van der Waals surface area contributed by atoms with Crippen LogP contribution in [0.2, 0.25) is 0 Å². The highest BCUT2D eigenvalue weighted by Crippen LogP contribution is 2.28. The third-order valence-electron chi connectivity index (χ3n) is 9.39. The van der Waals surface area contributed by atoms with Gasteiger partial charge in [-0.1, -0.05) is 19.8 Å². The number of Topliss-reactive ketones (excluding diaryl/α,β-unsaturated/α-hetero) is 2. The summed E-state index contributed by atoms with van der Waals surface area (Å²) in [6.07, 6.45) is 3.62. The zero-order valence-electron chi connectivity index (χ0n) is 26.1. The minimum absolute atomic E-state index is 0.0125. The molecule has 4 aliphatic heterocycles. The summed E-state index contributed by atoms with van der Waals surface area (Å²) in [5.74, 6) is -2.20. The van der Waals surface area contributed by atoms with Gasteiger partial charge in [-0.2, -0.15) is 0 Å². The number of rotatable bonds is 11. The van der Waals surface area contributed by atoms with E-state index in [4.69, 9.17) is 17.2 Å². The van der Waals surface area contributed by atoms with Crippen LogP contribution in [0.15, 0.2) is 4.99 Å². The molecule has 4 heterocycles. The summed E-state index contributed by atoms with van der Waals surface area (Å²) in [6, 6.07) is -5.72. The molecule has 0 spiro atoms. The van der Waals surface area contributed by atoms with Crippen LogP contribution < -0.4 is 38.5 Å². The van der Waals surface area contributed by atoms with E-state index in [1.54, 1.807) is 11.8 Å². The highest BCUT2D eigenvalue weighted by molar-refractivity contribution is 5.96. The molecule has 4 aliphatic rings. The number of carbonyl (C=O) groups excluding carboxylic acids is 6. The summed E-state index contributed by atoms with van der Waals surface area (Å²) in [6.45, 7) is 4.60. The molecule has 4 amide bonds. The third-order valence-corrected chi connectivity index (χ3v) is 9.39. The second-order valence-electron chi connectivity index (χ2n) is 12.5. The van der Waals surface area contributed by atoms with E-state index in [-0.39, 0.29) is 80.8 Å². The fourth-order valence-electron chi connectivity index (χ4n) is 6.94. The molecule has 16 nitrogen and oxygen atoms in total. The number of guanidine groups is 1. The van der Waals surface area contributed by atoms with Gasteiger partial charge in [-0.3, -0.25) is 43.6 Å². The van der Waals surface area contributed by atoms with Gasteiger partial charge < -0.3 is 38.5 Å². The number of primary amides is 1. The minimum Gasteiger partial charge on any atom is -0.370 e. The molecule has 0 aliphatic carbocycles. The van der Waals surface area contributed by atoms with E-state index in [0.29, 0.717) is 19.3 Å². The SMILES string of the molecule is CCCC[C@@H]1NC[C@H](C(=O)C2CCC(N3C[C@H](C(N)=O)NC(=O)[C@@H]3CCCN=C(N)N)C(=O)C[C@H]3CN2[C@@H](C)C(=O)N3)NC1=O. The number of aliphatic imine (C=N–C) groups is 1. The van der Waals surface area contributed by atoms with E-state index in [0.717, 1.165) is 12.8 Å². The molecule has 4 fully saturated rings. The number of carbonyl (C=O) groups is 6. The average Bonchev–Trinajstić information content (AvgIpc) is 3.04. The van der Waals surface area contributed by atoms with Crippen LogP contribution in [0.4, 0.5) is 0 Å². The van der Waals surface area contributed by atoms with Crippen LogP contribution in [-0.4, -0.2) is 125 Å². The number of nitrogens with one attached hydrogen (secondary N) is 4. The summed E-state index contributed by atoms with van der Waals surface area (Å²) in [7, 11) is 0. The maximum absolute atomic E-state index is 14.1. The zero-order valence-corrected chi connectivity index (χ0v) is 26.1. The number of nitrogens with zero attached hydrogens (tertiary/aromatic N) is 3. The Morgan fingerprint density at radius 1 is 0.889 bits per heavy atom. The van der Waals surface area contributed by atoms with Gasteiger partial charge in [0.25, 0.3) is 0 Å². The van der Waals surface area contributed by atoms with E-state index in [1.807, 2.05) is 11.8 Å². The standard InChI is InChI=1S/C29H48N10O6/c1-3-4-6-17-27(44)36-18(12-34-17)24(41)21-9-8-20(23(40)11-16-13-38(21)15(2)26(43)35-16)39-14-19(25(30)42)37-28(45)22(39)7-5-10-33-29(31)32/h15-22,34H,3-14H2,1-2H3,(H2,30,42)(H,35,43)(H,36,44)(H,37,45)(H4,31,32,33)/t15-,16-,17-,18+,19+,20?,21?,22-/m0/s1. The van der Waals surface area contributed by atoms with Gasteiger partial charge in [0.2, 0.25) is 23.6 Å². The Kier molecular flexibility index (Phi) is 11.5. The monoisotopic (exact) mass is 632 g/mol. The van der Waals surface area contributed by atoms with Crippen LogP contribution in [0.5, 0.6) is 0 Å². The molecule has 3 unspecified atom stereocenters. The minimum atomic E-state index is -1.00. The first-order valence-corrected chi connectivity index (χ1v) is 16.0. The maximum atomic E-state index is 14.1. The van der Waals surface area contributed by atoms with Crippen molar-refractivity contribution in [2.75, 3.05) is 26.2 Å². The largest absolute Gasteiger partial charge is 0.370 e. The Labute approximate surface area is 263 Å². The lowest BCUT2D eigenvalue weighted by molar-refractivity contribution is -0.141. The van der Waals surface area contributed by atoms with Crippen molar-refractivity contribution in [1.82, 2.24) is 31.1 Å². The van der Waals surface area contributed by atoms with E-state index in [9.17, 15) is 28.8 Å². The molecule has 9 atom stereocenters. The van der Waals surface area contributed by atoms with Crippen LogP contribution in [0.3, 0.4) is 0 Å². The van der Waals surface area contributed by atoms with Gasteiger partial charge in [-0.15, -0.1) is 0 Å². The number of hydrogen-bond donors (Lipinski definition) is 7. The van der Waals surface area contributed by atoms with Gasteiger partial charge in [-0.05, 0) is 39.0 Å². The van der Waals surface area contributed by atoms with Crippen LogP contribution in [-0.2, 0) is 28.8 Å². The highest BCUT2D eigenvalue weighted by atomic mass is 16.2. The second kappa shape index (κ2) is 15.1. The molecule has 4 rings (SSSR count). The molecule has 0 aromatic rings. The van der Waals surface area contributed by atoms with Crippen LogP contribution in [0, 0.1) is 0 Å². The molecular weight excluding hydrogens is 584 g/mol. The van der Waals surface area contributed by atoms with Gasteiger partial charge >= 0.3 is 0 Å². The zero-order chi connectivity index (χ0) is 32.8. The summed E-state index contributed by atoms with van der Waals surface area (Å²) in [4.78, 5) is 86.9. The predicted molar refractivity (Wildman–Crippen MR) is 164 cm³/mol. The number of piperazine rings is 3. The first-order valence-electron chi connectivity index (χ1n) is 16.0. The number of hydrogen-bond acceptors (Lipinski definition) is 10. The smallest absolute Gasteiger partial charge is 0.241 e. The van der Waals surface area contributed by atoms with Crippen molar-refractivity contribution in [2.24, 2.45) is 22.2 Å². The van der Waals surface area contributed by atoms with Crippen molar-refractivity contribution in [3.63, 3.8) is 0 Å². The van der Waals surface area contributed by atoms with Gasteiger partial charge in [0, 0.05) is 38.6 Å². The average molecular weight is 633 g/mol. The molecule has 45 heavy (non-hydrogen) atoms. The number of ketones is 2. The number of nitrogens with two attached hydrogens (primary N) is 3. The molecular formula is C29H48N10O6.